The van der Waals surface area contributed by atoms with E-state index in [1.54, 1.807) is 26.0 Å². The Morgan fingerprint density at radius 3 is 2.06 bits per heavy atom. The van der Waals surface area contributed by atoms with E-state index in [1.165, 1.54) is 29.2 Å². The Morgan fingerprint density at radius 1 is 1.03 bits per heavy atom. The number of nitrogens with zero attached hydrogens (tertiary/aromatic N) is 2. The van der Waals surface area contributed by atoms with E-state index >= 15 is 0 Å². The molecule has 2 rings (SSSR count). The molecule has 0 saturated carbocycles. The number of carbonyl (C=O) groups excluding carboxylic acids is 2. The highest BCUT2D eigenvalue weighted by molar-refractivity contribution is 7.92. The highest BCUT2D eigenvalue weighted by Crippen LogP contribution is 2.26. The van der Waals surface area contributed by atoms with Crippen molar-refractivity contribution in [3.63, 3.8) is 0 Å². The first kappa shape index (κ1) is 27.3. The molecule has 0 aliphatic carbocycles. The van der Waals surface area contributed by atoms with Gasteiger partial charge in [-0.05, 0) is 54.7 Å². The molecule has 2 aromatic rings. The third-order valence-corrected chi connectivity index (χ3v) is 6.63. The largest absolute Gasteiger partial charge is 0.355 e. The first-order valence-electron chi connectivity index (χ1n) is 11.1. The Labute approximate surface area is 202 Å². The number of rotatable bonds is 9. The topological polar surface area (TPSA) is 86.8 Å². The molecule has 0 saturated heterocycles. The standard InChI is InChI=1S/C25H34FN3O4S/c1-7-27-24(31)18(2)28(16-19-8-12-21(26)13-9-19)23(30)17-29(34(6,32)33)22-14-10-20(11-15-22)25(3,4)5/h8-15,18H,7,16-17H2,1-6H3,(H,27,31)/t18-/m1/s1. The third-order valence-electron chi connectivity index (χ3n) is 5.48. The van der Waals surface area contributed by atoms with Gasteiger partial charge in [0.2, 0.25) is 21.8 Å². The second-order valence-corrected chi connectivity index (χ2v) is 11.2. The number of benzene rings is 2. The van der Waals surface area contributed by atoms with E-state index in [0.717, 1.165) is 16.1 Å². The number of sulfonamides is 1. The van der Waals surface area contributed by atoms with E-state index in [9.17, 15) is 22.4 Å². The predicted octanol–water partition coefficient (Wildman–Crippen LogP) is 3.44. The second kappa shape index (κ2) is 11.0. The Morgan fingerprint density at radius 2 is 1.59 bits per heavy atom. The van der Waals surface area contributed by atoms with Gasteiger partial charge in [0.1, 0.15) is 18.4 Å². The number of hydrogen-bond acceptors (Lipinski definition) is 4. The highest BCUT2D eigenvalue weighted by atomic mass is 32.2. The molecule has 9 heteroatoms. The normalized spacial score (nSPS) is 12.7. The molecular formula is C25H34FN3O4S. The maximum Gasteiger partial charge on any atom is 0.244 e. The van der Waals surface area contributed by atoms with Crippen LogP contribution in [0, 0.1) is 5.82 Å². The summed E-state index contributed by atoms with van der Waals surface area (Å²) in [5.74, 6) is -1.33. The van der Waals surface area contributed by atoms with Gasteiger partial charge in [0.15, 0.2) is 0 Å². The summed E-state index contributed by atoms with van der Waals surface area (Å²) in [6.07, 6.45) is 1.04. The van der Waals surface area contributed by atoms with Crippen LogP contribution < -0.4 is 9.62 Å². The first-order chi connectivity index (χ1) is 15.7. The van der Waals surface area contributed by atoms with Crippen molar-refractivity contribution in [2.75, 3.05) is 23.7 Å². The lowest BCUT2D eigenvalue weighted by atomic mass is 9.87. The molecule has 2 amide bonds. The summed E-state index contributed by atoms with van der Waals surface area (Å²) in [5, 5.41) is 2.69. The van der Waals surface area contributed by atoms with Crippen LogP contribution in [0.25, 0.3) is 0 Å². The fourth-order valence-electron chi connectivity index (χ4n) is 3.43. The van der Waals surface area contributed by atoms with Crippen LogP contribution >= 0.6 is 0 Å². The molecule has 0 bridgehead atoms. The Kier molecular flexibility index (Phi) is 8.83. The molecule has 0 radical (unpaired) electrons. The van der Waals surface area contributed by atoms with Gasteiger partial charge in [0.05, 0.1) is 11.9 Å². The highest BCUT2D eigenvalue weighted by Gasteiger charge is 2.30. The van der Waals surface area contributed by atoms with E-state index in [-0.39, 0.29) is 17.9 Å². The number of nitrogens with one attached hydrogen (secondary N) is 1. The maximum atomic E-state index is 13.4. The third kappa shape index (κ3) is 7.28. The van der Waals surface area contributed by atoms with Crippen LogP contribution in [0.5, 0.6) is 0 Å². The van der Waals surface area contributed by atoms with E-state index in [2.05, 4.69) is 26.1 Å². The molecule has 1 atom stereocenters. The van der Waals surface area contributed by atoms with Gasteiger partial charge in [-0.25, -0.2) is 12.8 Å². The van der Waals surface area contributed by atoms with Crippen molar-refractivity contribution in [1.29, 1.82) is 0 Å². The first-order valence-corrected chi connectivity index (χ1v) is 13.0. The van der Waals surface area contributed by atoms with Gasteiger partial charge < -0.3 is 10.2 Å². The SMILES string of the molecule is CCNC(=O)[C@@H](C)N(Cc1ccc(F)cc1)C(=O)CN(c1ccc(C(C)(C)C)cc1)S(C)(=O)=O. The van der Waals surface area contributed by atoms with Crippen molar-refractivity contribution in [2.45, 2.75) is 52.6 Å². The molecule has 7 nitrogen and oxygen atoms in total. The smallest absolute Gasteiger partial charge is 0.244 e. The van der Waals surface area contributed by atoms with Crippen LogP contribution in [0.4, 0.5) is 10.1 Å². The summed E-state index contributed by atoms with van der Waals surface area (Å²) in [6.45, 7) is 9.44. The molecule has 0 heterocycles. The lowest BCUT2D eigenvalue weighted by molar-refractivity contribution is -0.139. The zero-order valence-corrected chi connectivity index (χ0v) is 21.4. The average Bonchev–Trinajstić information content (AvgIpc) is 2.75. The van der Waals surface area contributed by atoms with Gasteiger partial charge in [-0.2, -0.15) is 0 Å². The van der Waals surface area contributed by atoms with Crippen LogP contribution in [-0.4, -0.2) is 50.5 Å². The van der Waals surface area contributed by atoms with E-state index in [1.807, 2.05) is 12.1 Å². The predicted molar refractivity (Wildman–Crippen MR) is 132 cm³/mol. The van der Waals surface area contributed by atoms with Crippen LogP contribution in [-0.2, 0) is 31.6 Å². The van der Waals surface area contributed by atoms with Gasteiger partial charge in [-0.15, -0.1) is 0 Å². The van der Waals surface area contributed by atoms with Crippen LogP contribution in [0.15, 0.2) is 48.5 Å². The molecule has 186 valence electrons. The average molecular weight is 492 g/mol. The summed E-state index contributed by atoms with van der Waals surface area (Å²) < 4.78 is 39.6. The summed E-state index contributed by atoms with van der Waals surface area (Å²) in [5.41, 5.74) is 1.89. The fraction of sp³-hybridized carbons (Fsp3) is 0.440. The molecule has 0 unspecified atom stereocenters. The van der Waals surface area contributed by atoms with E-state index in [0.29, 0.717) is 17.8 Å². The van der Waals surface area contributed by atoms with E-state index < -0.39 is 34.3 Å². The summed E-state index contributed by atoms with van der Waals surface area (Å²) in [7, 11) is -3.79. The van der Waals surface area contributed by atoms with Crippen molar-refractivity contribution in [3.05, 3.63) is 65.5 Å². The second-order valence-electron chi connectivity index (χ2n) is 9.29. The fourth-order valence-corrected chi connectivity index (χ4v) is 4.28. The number of amides is 2. The summed E-state index contributed by atoms with van der Waals surface area (Å²) in [6, 6.07) is 11.8. The number of carbonyl (C=O) groups is 2. The van der Waals surface area contributed by atoms with E-state index in [4.69, 9.17) is 0 Å². The van der Waals surface area contributed by atoms with Gasteiger partial charge >= 0.3 is 0 Å². The number of halogens is 1. The van der Waals surface area contributed by atoms with Crippen molar-refractivity contribution >= 4 is 27.5 Å². The molecule has 0 spiro atoms. The van der Waals surface area contributed by atoms with Crippen LogP contribution in [0.2, 0.25) is 0 Å². The minimum absolute atomic E-state index is 0.0258. The summed E-state index contributed by atoms with van der Waals surface area (Å²) >= 11 is 0. The number of hydrogen-bond donors (Lipinski definition) is 1. The van der Waals surface area contributed by atoms with Crippen LogP contribution in [0.3, 0.4) is 0 Å². The lowest BCUT2D eigenvalue weighted by Crippen LogP contribution is -2.51. The van der Waals surface area contributed by atoms with Crippen molar-refractivity contribution in [1.82, 2.24) is 10.2 Å². The number of anilines is 1. The molecule has 34 heavy (non-hydrogen) atoms. The number of likely N-dealkylation sites (N-methyl/N-ethyl adjacent to an activating group) is 1. The van der Waals surface area contributed by atoms with Gasteiger partial charge in [-0.1, -0.05) is 45.0 Å². The quantitative estimate of drug-likeness (QED) is 0.582. The zero-order valence-electron chi connectivity index (χ0n) is 20.6. The molecule has 0 aromatic heterocycles. The molecular weight excluding hydrogens is 457 g/mol. The molecule has 0 fully saturated rings. The van der Waals surface area contributed by atoms with Crippen molar-refractivity contribution in [3.8, 4) is 0 Å². The van der Waals surface area contributed by atoms with Gasteiger partial charge in [0.25, 0.3) is 0 Å². The van der Waals surface area contributed by atoms with Gasteiger partial charge in [-0.3, -0.25) is 13.9 Å². The molecule has 0 aliphatic heterocycles. The zero-order chi connectivity index (χ0) is 25.7. The van der Waals surface area contributed by atoms with Crippen molar-refractivity contribution < 1.29 is 22.4 Å². The summed E-state index contributed by atoms with van der Waals surface area (Å²) in [4.78, 5) is 27.2. The van der Waals surface area contributed by atoms with Crippen LogP contribution in [0.1, 0.15) is 45.7 Å². The Bertz CT molecular complexity index is 1090. The monoisotopic (exact) mass is 491 g/mol. The molecule has 0 aliphatic rings. The van der Waals surface area contributed by atoms with Gasteiger partial charge in [0, 0.05) is 13.1 Å². The molecule has 1 N–H and O–H groups in total. The maximum absolute atomic E-state index is 13.4. The van der Waals surface area contributed by atoms with Crippen molar-refractivity contribution in [2.24, 2.45) is 0 Å². The molecule has 2 aromatic carbocycles. The minimum Gasteiger partial charge on any atom is -0.355 e. The Hall–Kier alpha value is -2.94. The minimum atomic E-state index is -3.79. The Balaban J connectivity index is 2.38. The lowest BCUT2D eigenvalue weighted by Gasteiger charge is -2.31.